The molecule has 1 unspecified atom stereocenters. The molecule has 0 bridgehead atoms. The standard InChI is InChI=1S/C63H104O5/c1-4-7-10-13-16-19-22-25-28-30-32-33-36-38-41-44-47-50-53-56-62(64)67-60-61(68-63(65)57-54-51-48-45-42-39-35-27-24-21-18-15-12-9-6-3)59-66-58-55-52-49-46-43-40-37-34-31-29-26-23-20-17-14-11-8-5-2/h8-9,11-12,16-21,25-29,32-35,37,61H,4-7,10,13-15,22-24,30-31,36,38-60H2,1-3H3/b11-8-,12-9-,19-16-,20-17-,21-18-,28-25-,29-26-,33-32-,35-27-,37-34-. The summed E-state index contributed by atoms with van der Waals surface area (Å²) in [4.78, 5) is 25.5. The molecule has 0 aromatic rings. The van der Waals surface area contributed by atoms with Gasteiger partial charge in [0.25, 0.3) is 0 Å². The summed E-state index contributed by atoms with van der Waals surface area (Å²) in [5.41, 5.74) is 0. The molecule has 0 N–H and O–H groups in total. The number of hydrogen-bond acceptors (Lipinski definition) is 5. The van der Waals surface area contributed by atoms with Crippen molar-refractivity contribution in [1.82, 2.24) is 0 Å². The molecule has 0 spiro atoms. The van der Waals surface area contributed by atoms with Gasteiger partial charge in [0.15, 0.2) is 6.10 Å². The summed E-state index contributed by atoms with van der Waals surface area (Å²) in [5, 5.41) is 0. The van der Waals surface area contributed by atoms with E-state index in [0.717, 1.165) is 128 Å². The van der Waals surface area contributed by atoms with Crippen LogP contribution in [0, 0.1) is 0 Å². The van der Waals surface area contributed by atoms with Gasteiger partial charge in [-0.1, -0.05) is 219 Å². The van der Waals surface area contributed by atoms with Gasteiger partial charge in [0.2, 0.25) is 0 Å². The van der Waals surface area contributed by atoms with E-state index in [1.54, 1.807) is 0 Å². The maximum atomic E-state index is 12.8. The molecule has 0 aliphatic rings. The van der Waals surface area contributed by atoms with E-state index >= 15 is 0 Å². The molecule has 0 aliphatic carbocycles. The lowest BCUT2D eigenvalue weighted by molar-refractivity contribution is -0.163. The van der Waals surface area contributed by atoms with Crippen LogP contribution in [0.15, 0.2) is 122 Å². The lowest BCUT2D eigenvalue weighted by Crippen LogP contribution is -2.30. The first kappa shape index (κ1) is 64.3. The van der Waals surface area contributed by atoms with E-state index in [9.17, 15) is 9.59 Å². The van der Waals surface area contributed by atoms with Crippen molar-refractivity contribution in [3.05, 3.63) is 122 Å². The Bertz CT molecular complexity index is 1390. The first-order valence-corrected chi connectivity index (χ1v) is 28.1. The average Bonchev–Trinajstić information content (AvgIpc) is 3.34. The zero-order valence-corrected chi connectivity index (χ0v) is 44.3. The molecule has 0 saturated heterocycles. The van der Waals surface area contributed by atoms with Crippen LogP contribution in [0.1, 0.15) is 239 Å². The van der Waals surface area contributed by atoms with Crippen LogP contribution in [-0.4, -0.2) is 37.9 Å². The molecule has 0 rings (SSSR count). The van der Waals surface area contributed by atoms with Gasteiger partial charge in [-0.05, 0) is 128 Å². The van der Waals surface area contributed by atoms with Gasteiger partial charge in [-0.15, -0.1) is 0 Å². The fourth-order valence-electron chi connectivity index (χ4n) is 7.34. The molecule has 0 heterocycles. The molecule has 0 saturated carbocycles. The first-order chi connectivity index (χ1) is 33.6. The Morgan fingerprint density at radius 3 is 1.06 bits per heavy atom. The normalized spacial score (nSPS) is 13.2. The summed E-state index contributed by atoms with van der Waals surface area (Å²) < 4.78 is 17.4. The molecule has 0 fully saturated rings. The summed E-state index contributed by atoms with van der Waals surface area (Å²) in [6.45, 7) is 7.50. The van der Waals surface area contributed by atoms with Crippen LogP contribution in [0.4, 0.5) is 0 Å². The smallest absolute Gasteiger partial charge is 0.306 e. The Morgan fingerprint density at radius 2 is 0.662 bits per heavy atom. The molecular formula is C63H104O5. The highest BCUT2D eigenvalue weighted by Crippen LogP contribution is 2.13. The van der Waals surface area contributed by atoms with E-state index in [-0.39, 0.29) is 25.2 Å². The minimum atomic E-state index is -0.570. The van der Waals surface area contributed by atoms with Gasteiger partial charge in [-0.25, -0.2) is 0 Å². The van der Waals surface area contributed by atoms with Gasteiger partial charge in [0.05, 0.1) is 6.61 Å². The van der Waals surface area contributed by atoms with Crippen molar-refractivity contribution in [2.75, 3.05) is 19.8 Å². The van der Waals surface area contributed by atoms with Crippen LogP contribution >= 0.6 is 0 Å². The molecule has 0 aromatic carbocycles. The Morgan fingerprint density at radius 1 is 0.338 bits per heavy atom. The van der Waals surface area contributed by atoms with E-state index < -0.39 is 6.10 Å². The van der Waals surface area contributed by atoms with Crippen molar-refractivity contribution in [2.45, 2.75) is 245 Å². The van der Waals surface area contributed by atoms with Crippen LogP contribution in [0.2, 0.25) is 0 Å². The Kier molecular flexibility index (Phi) is 54.5. The van der Waals surface area contributed by atoms with Crippen molar-refractivity contribution in [3.8, 4) is 0 Å². The highest BCUT2D eigenvalue weighted by Gasteiger charge is 2.17. The third-order valence-electron chi connectivity index (χ3n) is 11.5. The van der Waals surface area contributed by atoms with E-state index in [1.165, 1.54) is 77.0 Å². The zero-order valence-electron chi connectivity index (χ0n) is 44.3. The molecule has 1 atom stereocenters. The van der Waals surface area contributed by atoms with Crippen molar-refractivity contribution in [1.29, 1.82) is 0 Å². The number of esters is 2. The second-order valence-corrected chi connectivity index (χ2v) is 18.1. The van der Waals surface area contributed by atoms with E-state index in [0.29, 0.717) is 19.4 Å². The van der Waals surface area contributed by atoms with Gasteiger partial charge < -0.3 is 14.2 Å². The van der Waals surface area contributed by atoms with Crippen molar-refractivity contribution in [3.63, 3.8) is 0 Å². The monoisotopic (exact) mass is 941 g/mol. The fourth-order valence-corrected chi connectivity index (χ4v) is 7.34. The quantitative estimate of drug-likeness (QED) is 0.0345. The fraction of sp³-hybridized carbons (Fsp3) is 0.651. The number of ether oxygens (including phenoxy) is 3. The van der Waals surface area contributed by atoms with Crippen molar-refractivity contribution < 1.29 is 23.8 Å². The third kappa shape index (κ3) is 54.9. The number of rotatable bonds is 50. The minimum Gasteiger partial charge on any atom is -0.462 e. The highest BCUT2D eigenvalue weighted by atomic mass is 16.6. The highest BCUT2D eigenvalue weighted by molar-refractivity contribution is 5.70. The molecule has 0 aliphatic heterocycles. The van der Waals surface area contributed by atoms with Crippen molar-refractivity contribution >= 4 is 11.9 Å². The first-order valence-electron chi connectivity index (χ1n) is 28.1. The molecule has 68 heavy (non-hydrogen) atoms. The molecule has 5 heteroatoms. The van der Waals surface area contributed by atoms with Crippen LogP contribution in [-0.2, 0) is 23.8 Å². The summed E-state index contributed by atoms with van der Waals surface area (Å²) in [7, 11) is 0. The molecular weight excluding hydrogens is 837 g/mol. The molecule has 0 amide bonds. The van der Waals surface area contributed by atoms with E-state index in [4.69, 9.17) is 14.2 Å². The maximum Gasteiger partial charge on any atom is 0.306 e. The predicted molar refractivity (Wildman–Crippen MR) is 297 cm³/mol. The molecule has 0 radical (unpaired) electrons. The average molecular weight is 942 g/mol. The Balaban J connectivity index is 4.38. The minimum absolute atomic E-state index is 0.0561. The topological polar surface area (TPSA) is 61.8 Å². The van der Waals surface area contributed by atoms with Crippen LogP contribution in [0.25, 0.3) is 0 Å². The summed E-state index contributed by atoms with van der Waals surface area (Å²) >= 11 is 0. The second kappa shape index (κ2) is 57.6. The SMILES string of the molecule is CC/C=C\C/C=C\C/C=C\C/C=C\CCCCCCCOCC(COC(=O)CCCCCCCC/C=C\C/C=C\C/C=C\CCCCC)OC(=O)CCCCCCC/C=C\C/C=C\C/C=C\CC. The summed E-state index contributed by atoms with van der Waals surface area (Å²) in [6.07, 6.45) is 80.7. The second-order valence-electron chi connectivity index (χ2n) is 18.1. The molecule has 5 nitrogen and oxygen atoms in total. The molecule has 0 aromatic heterocycles. The Labute approximate surface area is 420 Å². The number of allylic oxidation sites excluding steroid dienone is 20. The predicted octanol–water partition coefficient (Wildman–Crippen LogP) is 19.3. The van der Waals surface area contributed by atoms with E-state index in [1.807, 2.05) is 0 Å². The number of carbonyl (C=O) groups is 2. The van der Waals surface area contributed by atoms with Crippen LogP contribution in [0.5, 0.6) is 0 Å². The van der Waals surface area contributed by atoms with E-state index in [2.05, 4.69) is 142 Å². The van der Waals surface area contributed by atoms with Gasteiger partial charge in [0.1, 0.15) is 6.61 Å². The lowest BCUT2D eigenvalue weighted by atomic mass is 10.1. The number of carbonyl (C=O) groups excluding carboxylic acids is 2. The van der Waals surface area contributed by atoms with Gasteiger partial charge >= 0.3 is 11.9 Å². The zero-order chi connectivity index (χ0) is 49.2. The lowest BCUT2D eigenvalue weighted by Gasteiger charge is -2.18. The van der Waals surface area contributed by atoms with Crippen molar-refractivity contribution in [2.24, 2.45) is 0 Å². The number of unbranched alkanes of at least 4 members (excludes halogenated alkanes) is 19. The van der Waals surface area contributed by atoms with Gasteiger partial charge in [0, 0.05) is 19.4 Å². The van der Waals surface area contributed by atoms with Gasteiger partial charge in [-0.3, -0.25) is 9.59 Å². The van der Waals surface area contributed by atoms with Crippen LogP contribution < -0.4 is 0 Å². The largest absolute Gasteiger partial charge is 0.462 e. The summed E-state index contributed by atoms with van der Waals surface area (Å²) in [6, 6.07) is 0. The number of hydrogen-bond donors (Lipinski definition) is 0. The maximum absolute atomic E-state index is 12.8. The summed E-state index contributed by atoms with van der Waals surface area (Å²) in [5.74, 6) is -0.447. The Hall–Kier alpha value is -3.70. The molecule has 386 valence electrons. The third-order valence-corrected chi connectivity index (χ3v) is 11.5. The van der Waals surface area contributed by atoms with Gasteiger partial charge in [-0.2, -0.15) is 0 Å². The van der Waals surface area contributed by atoms with Crippen LogP contribution in [0.3, 0.4) is 0 Å².